The van der Waals surface area contributed by atoms with Crippen molar-refractivity contribution in [3.63, 3.8) is 0 Å². The van der Waals surface area contributed by atoms with Crippen LogP contribution in [0.2, 0.25) is 0 Å². The highest BCUT2D eigenvalue weighted by Gasteiger charge is 1.99. The third-order valence-electron chi connectivity index (χ3n) is 3.11. The van der Waals surface area contributed by atoms with Crippen molar-refractivity contribution in [1.29, 1.82) is 0 Å². The van der Waals surface area contributed by atoms with Gasteiger partial charge in [0, 0.05) is 13.0 Å². The highest BCUT2D eigenvalue weighted by molar-refractivity contribution is 5.75. The first-order chi connectivity index (χ1) is 8.31. The maximum Gasteiger partial charge on any atom is 0.219 e. The molecule has 0 aromatic carbocycles. The fourth-order valence-electron chi connectivity index (χ4n) is 1.91. The molecule has 0 saturated heterocycles. The number of nitrogens with one attached hydrogen (secondary N) is 1. The van der Waals surface area contributed by atoms with Crippen molar-refractivity contribution in [2.24, 2.45) is 0 Å². The van der Waals surface area contributed by atoms with Gasteiger partial charge in [0.2, 0.25) is 5.91 Å². The van der Waals surface area contributed by atoms with E-state index in [0.717, 1.165) is 32.2 Å². The van der Waals surface area contributed by atoms with Crippen molar-refractivity contribution in [3.8, 4) is 0 Å². The van der Waals surface area contributed by atoms with Crippen LogP contribution in [0.4, 0.5) is 0 Å². The zero-order chi connectivity index (χ0) is 12.8. The minimum atomic E-state index is 0.240. The Morgan fingerprint density at radius 1 is 0.765 bits per heavy atom. The Hall–Kier alpha value is -0.530. The van der Waals surface area contributed by atoms with Crippen LogP contribution in [0.3, 0.4) is 0 Å². The lowest BCUT2D eigenvalue weighted by atomic mass is 10.1. The number of amides is 1. The fourth-order valence-corrected chi connectivity index (χ4v) is 1.91. The normalized spacial score (nSPS) is 10.5. The molecular formula is C15H31NO. The van der Waals surface area contributed by atoms with Gasteiger partial charge in [0.25, 0.3) is 0 Å². The molecule has 0 bridgehead atoms. The third kappa shape index (κ3) is 13.4. The van der Waals surface area contributed by atoms with Gasteiger partial charge in [0.1, 0.15) is 0 Å². The van der Waals surface area contributed by atoms with E-state index >= 15 is 0 Å². The molecule has 102 valence electrons. The number of hydrogen-bond acceptors (Lipinski definition) is 1. The van der Waals surface area contributed by atoms with Crippen molar-refractivity contribution >= 4 is 5.91 Å². The zero-order valence-electron chi connectivity index (χ0n) is 11.9. The standard InChI is InChI=1S/C15H31NO/c1-3-5-7-8-9-10-11-12-13-15(17)16-14-6-4-2/h3-14H2,1-2H3,(H,16,17). The lowest BCUT2D eigenvalue weighted by Gasteiger charge is -2.04. The van der Waals surface area contributed by atoms with E-state index in [1.807, 2.05) is 0 Å². The van der Waals surface area contributed by atoms with Crippen LogP contribution in [-0.4, -0.2) is 12.5 Å². The van der Waals surface area contributed by atoms with Crippen LogP contribution >= 0.6 is 0 Å². The van der Waals surface area contributed by atoms with Crippen molar-refractivity contribution in [2.75, 3.05) is 6.54 Å². The summed E-state index contributed by atoms with van der Waals surface area (Å²) in [5.74, 6) is 0.240. The van der Waals surface area contributed by atoms with Gasteiger partial charge in [-0.15, -0.1) is 0 Å². The van der Waals surface area contributed by atoms with Crippen molar-refractivity contribution in [3.05, 3.63) is 0 Å². The maximum atomic E-state index is 11.4. The summed E-state index contributed by atoms with van der Waals surface area (Å²) in [6, 6.07) is 0. The van der Waals surface area contributed by atoms with E-state index in [2.05, 4.69) is 19.2 Å². The van der Waals surface area contributed by atoms with E-state index in [4.69, 9.17) is 0 Å². The molecule has 0 aliphatic heterocycles. The summed E-state index contributed by atoms with van der Waals surface area (Å²) < 4.78 is 0. The van der Waals surface area contributed by atoms with Gasteiger partial charge in [0.15, 0.2) is 0 Å². The third-order valence-corrected chi connectivity index (χ3v) is 3.11. The molecule has 1 amide bonds. The molecule has 0 atom stereocenters. The summed E-state index contributed by atoms with van der Waals surface area (Å²) in [5, 5.41) is 2.96. The van der Waals surface area contributed by atoms with E-state index in [0.29, 0.717) is 0 Å². The van der Waals surface area contributed by atoms with Gasteiger partial charge in [-0.3, -0.25) is 4.79 Å². The molecule has 2 nitrogen and oxygen atoms in total. The monoisotopic (exact) mass is 241 g/mol. The lowest BCUT2D eigenvalue weighted by Crippen LogP contribution is -2.23. The van der Waals surface area contributed by atoms with Crippen LogP contribution in [0.1, 0.15) is 84.5 Å². The second-order valence-electron chi connectivity index (χ2n) is 4.93. The first-order valence-corrected chi connectivity index (χ1v) is 7.58. The van der Waals surface area contributed by atoms with Crippen LogP contribution in [0.25, 0.3) is 0 Å². The molecule has 1 N–H and O–H groups in total. The summed E-state index contributed by atoms with van der Waals surface area (Å²) >= 11 is 0. The molecule has 0 spiro atoms. The second-order valence-corrected chi connectivity index (χ2v) is 4.93. The van der Waals surface area contributed by atoms with Gasteiger partial charge in [0.05, 0.1) is 0 Å². The Bertz CT molecular complexity index is 168. The van der Waals surface area contributed by atoms with Gasteiger partial charge in [-0.1, -0.05) is 65.2 Å². The summed E-state index contributed by atoms with van der Waals surface area (Å²) in [5.41, 5.74) is 0. The average Bonchev–Trinajstić information content (AvgIpc) is 2.33. The largest absolute Gasteiger partial charge is 0.356 e. The van der Waals surface area contributed by atoms with E-state index < -0.39 is 0 Å². The molecule has 0 saturated carbocycles. The Morgan fingerprint density at radius 2 is 1.29 bits per heavy atom. The quantitative estimate of drug-likeness (QED) is 0.503. The summed E-state index contributed by atoms with van der Waals surface area (Å²) in [6.45, 7) is 5.24. The number of unbranched alkanes of at least 4 members (excludes halogenated alkanes) is 8. The topological polar surface area (TPSA) is 29.1 Å². The molecule has 0 unspecified atom stereocenters. The summed E-state index contributed by atoms with van der Waals surface area (Å²) in [7, 11) is 0. The van der Waals surface area contributed by atoms with Crippen LogP contribution in [-0.2, 0) is 4.79 Å². The SMILES string of the molecule is CCCCCCCCCCC(=O)NCCCC. The van der Waals surface area contributed by atoms with E-state index in [1.54, 1.807) is 0 Å². The van der Waals surface area contributed by atoms with Crippen LogP contribution in [0.5, 0.6) is 0 Å². The molecule has 0 aliphatic carbocycles. The Kier molecular flexibility index (Phi) is 13.1. The van der Waals surface area contributed by atoms with Crippen molar-refractivity contribution in [2.45, 2.75) is 84.5 Å². The fraction of sp³-hybridized carbons (Fsp3) is 0.933. The van der Waals surface area contributed by atoms with E-state index in [1.165, 1.54) is 44.9 Å². The van der Waals surface area contributed by atoms with Crippen LogP contribution in [0.15, 0.2) is 0 Å². The Morgan fingerprint density at radius 3 is 1.88 bits per heavy atom. The van der Waals surface area contributed by atoms with Crippen molar-refractivity contribution in [1.82, 2.24) is 5.32 Å². The molecule has 2 heteroatoms. The van der Waals surface area contributed by atoms with Gasteiger partial charge < -0.3 is 5.32 Å². The molecule has 0 heterocycles. The number of carbonyl (C=O) groups excluding carboxylic acids is 1. The van der Waals surface area contributed by atoms with Gasteiger partial charge in [-0.25, -0.2) is 0 Å². The van der Waals surface area contributed by atoms with Gasteiger partial charge in [-0.05, 0) is 12.8 Å². The second kappa shape index (κ2) is 13.5. The van der Waals surface area contributed by atoms with Gasteiger partial charge in [-0.2, -0.15) is 0 Å². The first kappa shape index (κ1) is 16.5. The van der Waals surface area contributed by atoms with Gasteiger partial charge >= 0.3 is 0 Å². The molecular weight excluding hydrogens is 210 g/mol. The van der Waals surface area contributed by atoms with E-state index in [-0.39, 0.29) is 5.91 Å². The predicted octanol–water partition coefficient (Wildman–Crippen LogP) is 4.43. The van der Waals surface area contributed by atoms with E-state index in [9.17, 15) is 4.79 Å². The number of hydrogen-bond donors (Lipinski definition) is 1. The minimum absolute atomic E-state index is 0.240. The highest BCUT2D eigenvalue weighted by atomic mass is 16.1. The first-order valence-electron chi connectivity index (χ1n) is 7.58. The maximum absolute atomic E-state index is 11.4. The van der Waals surface area contributed by atoms with Crippen LogP contribution < -0.4 is 5.32 Å². The highest BCUT2D eigenvalue weighted by Crippen LogP contribution is 2.09. The minimum Gasteiger partial charge on any atom is -0.356 e. The van der Waals surface area contributed by atoms with Crippen molar-refractivity contribution < 1.29 is 4.79 Å². The van der Waals surface area contributed by atoms with Crippen LogP contribution in [0, 0.1) is 0 Å². The molecule has 0 rings (SSSR count). The Labute approximate surface area is 108 Å². The average molecular weight is 241 g/mol. The number of carbonyl (C=O) groups is 1. The molecule has 0 radical (unpaired) electrons. The predicted molar refractivity (Wildman–Crippen MR) is 75.1 cm³/mol. The number of rotatable bonds is 12. The zero-order valence-corrected chi connectivity index (χ0v) is 11.9. The smallest absolute Gasteiger partial charge is 0.219 e. The summed E-state index contributed by atoms with van der Waals surface area (Å²) in [6.07, 6.45) is 13.3. The molecule has 0 aromatic heterocycles. The lowest BCUT2D eigenvalue weighted by molar-refractivity contribution is -0.121. The summed E-state index contributed by atoms with van der Waals surface area (Å²) in [4.78, 5) is 11.4. The molecule has 17 heavy (non-hydrogen) atoms. The Balaban J connectivity index is 3.08. The molecule has 0 aliphatic rings. The molecule has 0 aromatic rings. The molecule has 0 fully saturated rings.